The molecule has 0 atom stereocenters. The molecule has 0 unspecified atom stereocenters. The van der Waals surface area contributed by atoms with Crippen LogP contribution in [0.3, 0.4) is 0 Å². The Labute approximate surface area is 135 Å². The molecule has 2 aromatic rings. The van der Waals surface area contributed by atoms with Gasteiger partial charge >= 0.3 is 0 Å². The number of pyridine rings is 1. The van der Waals surface area contributed by atoms with Crippen molar-refractivity contribution in [2.45, 2.75) is 19.8 Å². The van der Waals surface area contributed by atoms with Gasteiger partial charge in [0.25, 0.3) is 5.91 Å². The highest BCUT2D eigenvalue weighted by atomic mass is 16.2. The van der Waals surface area contributed by atoms with Gasteiger partial charge in [0.05, 0.1) is 11.9 Å². The average molecular weight is 309 g/mol. The third-order valence-corrected chi connectivity index (χ3v) is 3.93. The summed E-state index contributed by atoms with van der Waals surface area (Å²) in [5.41, 5.74) is 2.72. The van der Waals surface area contributed by atoms with Crippen LogP contribution in [0, 0.1) is 0 Å². The second-order valence-corrected chi connectivity index (χ2v) is 5.69. The van der Waals surface area contributed by atoms with Crippen LogP contribution in [-0.4, -0.2) is 34.7 Å². The third-order valence-electron chi connectivity index (χ3n) is 3.93. The molecule has 5 nitrogen and oxygen atoms in total. The maximum absolute atomic E-state index is 12.2. The van der Waals surface area contributed by atoms with Gasteiger partial charge in [0.2, 0.25) is 0 Å². The Morgan fingerprint density at radius 3 is 2.52 bits per heavy atom. The number of carbonyl (C=O) groups is 2. The Morgan fingerprint density at radius 1 is 1.09 bits per heavy atom. The number of anilines is 2. The van der Waals surface area contributed by atoms with Crippen molar-refractivity contribution < 1.29 is 9.59 Å². The SMILES string of the molecule is CC(=O)c1cccc(Nc2ccc(C(=O)N3CCCC3)nc2)c1. The van der Waals surface area contributed by atoms with E-state index in [4.69, 9.17) is 0 Å². The van der Waals surface area contributed by atoms with E-state index in [1.54, 1.807) is 31.3 Å². The Bertz CT molecular complexity index is 719. The molecule has 1 N–H and O–H groups in total. The summed E-state index contributed by atoms with van der Waals surface area (Å²) in [5.74, 6) is 0.0194. The number of rotatable bonds is 4. The Morgan fingerprint density at radius 2 is 1.87 bits per heavy atom. The minimum atomic E-state index is -0.00683. The van der Waals surface area contributed by atoms with Gasteiger partial charge in [-0.3, -0.25) is 9.59 Å². The lowest BCUT2D eigenvalue weighted by atomic mass is 10.1. The molecule has 0 radical (unpaired) electrons. The van der Waals surface area contributed by atoms with E-state index in [1.165, 1.54) is 0 Å². The van der Waals surface area contributed by atoms with Crippen molar-refractivity contribution in [1.82, 2.24) is 9.88 Å². The van der Waals surface area contributed by atoms with Crippen LogP contribution in [-0.2, 0) is 0 Å². The first-order chi connectivity index (χ1) is 11.1. The lowest BCUT2D eigenvalue weighted by Crippen LogP contribution is -2.28. The van der Waals surface area contributed by atoms with E-state index >= 15 is 0 Å². The zero-order valence-electron chi connectivity index (χ0n) is 13.1. The molecule has 23 heavy (non-hydrogen) atoms. The van der Waals surface area contributed by atoms with E-state index in [0.29, 0.717) is 11.3 Å². The Balaban J connectivity index is 1.71. The first kappa shape index (κ1) is 15.2. The van der Waals surface area contributed by atoms with Crippen molar-refractivity contribution in [3.05, 3.63) is 53.9 Å². The van der Waals surface area contributed by atoms with E-state index in [1.807, 2.05) is 23.1 Å². The van der Waals surface area contributed by atoms with Gasteiger partial charge in [-0.05, 0) is 44.0 Å². The van der Waals surface area contributed by atoms with Crippen molar-refractivity contribution in [2.24, 2.45) is 0 Å². The lowest BCUT2D eigenvalue weighted by Gasteiger charge is -2.14. The summed E-state index contributed by atoms with van der Waals surface area (Å²) in [6.45, 7) is 3.18. The van der Waals surface area contributed by atoms with Gasteiger partial charge < -0.3 is 10.2 Å². The van der Waals surface area contributed by atoms with E-state index in [0.717, 1.165) is 37.3 Å². The fourth-order valence-corrected chi connectivity index (χ4v) is 2.66. The molecule has 1 amide bonds. The topological polar surface area (TPSA) is 62.3 Å². The van der Waals surface area contributed by atoms with E-state index in [9.17, 15) is 9.59 Å². The van der Waals surface area contributed by atoms with Gasteiger partial charge in [-0.2, -0.15) is 0 Å². The molecule has 1 fully saturated rings. The number of hydrogen-bond acceptors (Lipinski definition) is 4. The number of nitrogens with one attached hydrogen (secondary N) is 1. The van der Waals surface area contributed by atoms with Crippen molar-refractivity contribution in [3.8, 4) is 0 Å². The predicted molar refractivity (Wildman–Crippen MR) is 89.1 cm³/mol. The summed E-state index contributed by atoms with van der Waals surface area (Å²) >= 11 is 0. The number of likely N-dealkylation sites (tertiary alicyclic amines) is 1. The number of benzene rings is 1. The van der Waals surface area contributed by atoms with Gasteiger partial charge in [-0.25, -0.2) is 4.98 Å². The minimum absolute atomic E-state index is 0.00683. The molecule has 1 aromatic heterocycles. The standard InChI is InChI=1S/C18H19N3O2/c1-13(22)14-5-4-6-15(11-14)20-16-7-8-17(19-12-16)18(23)21-9-2-3-10-21/h4-8,11-12,20H,2-3,9-10H2,1H3. The zero-order valence-corrected chi connectivity index (χ0v) is 13.1. The molecule has 0 saturated carbocycles. The van der Waals surface area contributed by atoms with Crippen molar-refractivity contribution in [1.29, 1.82) is 0 Å². The van der Waals surface area contributed by atoms with Gasteiger partial charge in [0, 0.05) is 24.3 Å². The molecule has 1 aliphatic heterocycles. The third kappa shape index (κ3) is 3.56. The molecule has 1 saturated heterocycles. The summed E-state index contributed by atoms with van der Waals surface area (Å²) in [7, 11) is 0. The Kier molecular flexibility index (Phi) is 4.37. The number of amides is 1. The van der Waals surface area contributed by atoms with Gasteiger partial charge in [-0.1, -0.05) is 12.1 Å². The largest absolute Gasteiger partial charge is 0.354 e. The Hall–Kier alpha value is -2.69. The van der Waals surface area contributed by atoms with Crippen LogP contribution in [0.5, 0.6) is 0 Å². The van der Waals surface area contributed by atoms with E-state index in [-0.39, 0.29) is 11.7 Å². The monoisotopic (exact) mass is 309 g/mol. The molecule has 3 rings (SSSR count). The molecule has 1 aliphatic rings. The molecule has 2 heterocycles. The predicted octanol–water partition coefficient (Wildman–Crippen LogP) is 3.26. The van der Waals surface area contributed by atoms with Crippen LogP contribution < -0.4 is 5.32 Å². The number of Topliss-reactive ketones (excluding diaryl/α,β-unsaturated/α-hetero) is 1. The molecular formula is C18H19N3O2. The van der Waals surface area contributed by atoms with Crippen LogP contribution in [0.2, 0.25) is 0 Å². The highest BCUT2D eigenvalue weighted by Gasteiger charge is 2.20. The minimum Gasteiger partial charge on any atom is -0.354 e. The fraction of sp³-hybridized carbons (Fsp3) is 0.278. The smallest absolute Gasteiger partial charge is 0.272 e. The second-order valence-electron chi connectivity index (χ2n) is 5.69. The molecular weight excluding hydrogens is 290 g/mol. The van der Waals surface area contributed by atoms with E-state index < -0.39 is 0 Å². The van der Waals surface area contributed by atoms with Crippen molar-refractivity contribution in [3.63, 3.8) is 0 Å². The highest BCUT2D eigenvalue weighted by Crippen LogP contribution is 2.18. The van der Waals surface area contributed by atoms with Gasteiger partial charge in [-0.15, -0.1) is 0 Å². The summed E-state index contributed by atoms with van der Waals surface area (Å²) in [6, 6.07) is 10.9. The van der Waals surface area contributed by atoms with E-state index in [2.05, 4.69) is 10.3 Å². The molecule has 5 heteroatoms. The van der Waals surface area contributed by atoms with Gasteiger partial charge in [0.1, 0.15) is 5.69 Å². The molecule has 118 valence electrons. The number of hydrogen-bond donors (Lipinski definition) is 1. The van der Waals surface area contributed by atoms with Gasteiger partial charge in [0.15, 0.2) is 5.78 Å². The fourth-order valence-electron chi connectivity index (χ4n) is 2.66. The summed E-state index contributed by atoms with van der Waals surface area (Å²) < 4.78 is 0. The first-order valence-corrected chi connectivity index (χ1v) is 7.77. The number of ketones is 1. The molecule has 0 aliphatic carbocycles. The van der Waals surface area contributed by atoms with Crippen LogP contribution in [0.1, 0.15) is 40.6 Å². The highest BCUT2D eigenvalue weighted by molar-refractivity contribution is 5.95. The van der Waals surface area contributed by atoms with Crippen molar-refractivity contribution >= 4 is 23.1 Å². The zero-order chi connectivity index (χ0) is 16.2. The van der Waals surface area contributed by atoms with Crippen molar-refractivity contribution in [2.75, 3.05) is 18.4 Å². The maximum Gasteiger partial charge on any atom is 0.272 e. The summed E-state index contributed by atoms with van der Waals surface area (Å²) in [5, 5.41) is 3.20. The lowest BCUT2D eigenvalue weighted by molar-refractivity contribution is 0.0787. The average Bonchev–Trinajstić information content (AvgIpc) is 3.09. The summed E-state index contributed by atoms with van der Waals surface area (Å²) in [6.07, 6.45) is 3.78. The molecule has 0 bridgehead atoms. The van der Waals surface area contributed by atoms with Crippen LogP contribution >= 0.6 is 0 Å². The molecule has 1 aromatic carbocycles. The summed E-state index contributed by atoms with van der Waals surface area (Å²) in [4.78, 5) is 29.8. The number of nitrogens with zero attached hydrogens (tertiary/aromatic N) is 2. The van der Waals surface area contributed by atoms with Crippen LogP contribution in [0.25, 0.3) is 0 Å². The number of carbonyl (C=O) groups excluding carboxylic acids is 2. The van der Waals surface area contributed by atoms with Crippen LogP contribution in [0.4, 0.5) is 11.4 Å². The first-order valence-electron chi connectivity index (χ1n) is 7.77. The quantitative estimate of drug-likeness (QED) is 0.881. The molecule has 0 spiro atoms. The maximum atomic E-state index is 12.2. The normalized spacial score (nSPS) is 13.9. The van der Waals surface area contributed by atoms with Crippen LogP contribution in [0.15, 0.2) is 42.6 Å². The second kappa shape index (κ2) is 6.60. The number of aromatic nitrogens is 1.